The van der Waals surface area contributed by atoms with Crippen molar-refractivity contribution in [3.8, 4) is 0 Å². The van der Waals surface area contributed by atoms with Gasteiger partial charge in [0, 0.05) is 19.3 Å². The smallest absolute Gasteiger partial charge is 0.306 e. The summed E-state index contributed by atoms with van der Waals surface area (Å²) >= 11 is 0. The summed E-state index contributed by atoms with van der Waals surface area (Å²) in [5.74, 6) is -0.871. The lowest BCUT2D eigenvalue weighted by Gasteiger charge is -2.18. The van der Waals surface area contributed by atoms with E-state index in [1.54, 1.807) is 0 Å². The van der Waals surface area contributed by atoms with Crippen LogP contribution in [-0.4, -0.2) is 37.2 Å². The van der Waals surface area contributed by atoms with Gasteiger partial charge in [-0.1, -0.05) is 250 Å². The van der Waals surface area contributed by atoms with Crippen molar-refractivity contribution in [3.63, 3.8) is 0 Å². The van der Waals surface area contributed by atoms with Crippen molar-refractivity contribution in [3.05, 3.63) is 36.5 Å². The quantitative estimate of drug-likeness (QED) is 0.0262. The van der Waals surface area contributed by atoms with Gasteiger partial charge in [-0.3, -0.25) is 14.4 Å². The van der Waals surface area contributed by atoms with E-state index in [4.69, 9.17) is 14.2 Å². The molecule has 0 aliphatic heterocycles. The molecule has 0 amide bonds. The van der Waals surface area contributed by atoms with Crippen LogP contribution in [0.5, 0.6) is 0 Å². The minimum Gasteiger partial charge on any atom is -0.462 e. The molecule has 0 heterocycles. The van der Waals surface area contributed by atoms with E-state index in [1.165, 1.54) is 199 Å². The number of allylic oxidation sites excluding steroid dienone is 6. The van der Waals surface area contributed by atoms with E-state index in [0.717, 1.165) is 70.6 Å². The molecule has 0 aromatic carbocycles. The van der Waals surface area contributed by atoms with E-state index in [2.05, 4.69) is 57.2 Å². The first-order chi connectivity index (χ1) is 32.5. The van der Waals surface area contributed by atoms with Crippen molar-refractivity contribution in [2.45, 2.75) is 316 Å². The van der Waals surface area contributed by atoms with Crippen LogP contribution in [0.15, 0.2) is 36.5 Å². The second-order valence-electron chi connectivity index (χ2n) is 19.6. The molecule has 0 aromatic heterocycles. The van der Waals surface area contributed by atoms with Gasteiger partial charge in [0.1, 0.15) is 13.2 Å². The van der Waals surface area contributed by atoms with Crippen molar-refractivity contribution < 1.29 is 28.6 Å². The minimum absolute atomic E-state index is 0.0729. The van der Waals surface area contributed by atoms with Gasteiger partial charge in [0.05, 0.1) is 0 Å². The maximum atomic E-state index is 12.8. The fourth-order valence-electron chi connectivity index (χ4n) is 8.47. The van der Waals surface area contributed by atoms with Crippen LogP contribution in [0.2, 0.25) is 0 Å². The SMILES string of the molecule is CCCCCCC/C=C\C/C=C\CCCCCCCCCCCCCC(=O)OCC(COC(=O)CCCCCCCCCCC)OC(=O)CCCCCCC/C=C\CCCCCCCCC. The van der Waals surface area contributed by atoms with E-state index in [0.29, 0.717) is 19.3 Å². The summed E-state index contributed by atoms with van der Waals surface area (Å²) in [4.78, 5) is 38.0. The predicted octanol–water partition coefficient (Wildman–Crippen LogP) is 19.3. The summed E-state index contributed by atoms with van der Waals surface area (Å²) < 4.78 is 16.8. The molecule has 0 fully saturated rings. The van der Waals surface area contributed by atoms with Gasteiger partial charge < -0.3 is 14.2 Å². The standard InChI is InChI=1S/C60H110O6/c1-4-7-10-13-16-19-21-23-25-27-28-29-30-31-32-33-35-36-38-41-44-47-50-53-59(62)65-56-57(55-64-58(61)52-49-46-43-40-18-15-12-9-6-3)66-60(63)54-51-48-45-42-39-37-34-26-24-22-20-17-14-11-8-5-2/h21,23,26-28,34,57H,4-20,22,24-25,29-33,35-56H2,1-3H3/b23-21-,28-27-,34-26-. The number of rotatable bonds is 53. The summed E-state index contributed by atoms with van der Waals surface area (Å²) in [5.41, 5.74) is 0. The van der Waals surface area contributed by atoms with Gasteiger partial charge in [0.15, 0.2) is 6.10 Å². The van der Waals surface area contributed by atoms with E-state index >= 15 is 0 Å². The highest BCUT2D eigenvalue weighted by atomic mass is 16.6. The maximum Gasteiger partial charge on any atom is 0.306 e. The Morgan fingerprint density at radius 2 is 0.545 bits per heavy atom. The fourth-order valence-corrected chi connectivity index (χ4v) is 8.47. The Kier molecular flexibility index (Phi) is 53.2. The highest BCUT2D eigenvalue weighted by molar-refractivity contribution is 5.71. The monoisotopic (exact) mass is 927 g/mol. The summed E-state index contributed by atoms with van der Waals surface area (Å²) in [6.07, 6.45) is 65.7. The number of hydrogen-bond donors (Lipinski definition) is 0. The lowest BCUT2D eigenvalue weighted by molar-refractivity contribution is -0.167. The average Bonchev–Trinajstić information content (AvgIpc) is 3.31. The van der Waals surface area contributed by atoms with Crippen molar-refractivity contribution in [2.75, 3.05) is 13.2 Å². The third kappa shape index (κ3) is 52.6. The second kappa shape index (κ2) is 55.2. The molecule has 0 aliphatic carbocycles. The molecule has 0 bridgehead atoms. The Bertz CT molecular complexity index is 1110. The zero-order valence-corrected chi connectivity index (χ0v) is 44.2. The third-order valence-electron chi connectivity index (χ3n) is 12.9. The predicted molar refractivity (Wildman–Crippen MR) is 284 cm³/mol. The molecule has 1 atom stereocenters. The Hall–Kier alpha value is -2.37. The number of esters is 3. The topological polar surface area (TPSA) is 78.9 Å². The van der Waals surface area contributed by atoms with Gasteiger partial charge in [0.2, 0.25) is 0 Å². The highest BCUT2D eigenvalue weighted by Crippen LogP contribution is 2.16. The summed E-state index contributed by atoms with van der Waals surface area (Å²) in [5, 5.41) is 0. The number of carbonyl (C=O) groups is 3. The van der Waals surface area contributed by atoms with Crippen LogP contribution in [0, 0.1) is 0 Å². The first-order valence-electron chi connectivity index (χ1n) is 29.0. The maximum absolute atomic E-state index is 12.8. The number of hydrogen-bond acceptors (Lipinski definition) is 6. The fraction of sp³-hybridized carbons (Fsp3) is 0.850. The summed E-state index contributed by atoms with van der Waals surface area (Å²) in [6.45, 7) is 6.63. The molecule has 0 rings (SSSR count). The molecule has 0 aromatic rings. The lowest BCUT2D eigenvalue weighted by atomic mass is 10.0. The van der Waals surface area contributed by atoms with E-state index in [-0.39, 0.29) is 31.1 Å². The van der Waals surface area contributed by atoms with Crippen LogP contribution in [0.25, 0.3) is 0 Å². The first-order valence-corrected chi connectivity index (χ1v) is 29.0. The molecular formula is C60H110O6. The minimum atomic E-state index is -0.773. The molecule has 0 saturated carbocycles. The van der Waals surface area contributed by atoms with Gasteiger partial charge in [0.25, 0.3) is 0 Å². The Morgan fingerprint density at radius 3 is 0.848 bits per heavy atom. The van der Waals surface area contributed by atoms with Gasteiger partial charge >= 0.3 is 17.9 Å². The molecule has 386 valence electrons. The molecule has 0 spiro atoms. The molecule has 0 saturated heterocycles. The highest BCUT2D eigenvalue weighted by Gasteiger charge is 2.19. The van der Waals surface area contributed by atoms with Crippen LogP contribution in [0.1, 0.15) is 310 Å². The summed E-state index contributed by atoms with van der Waals surface area (Å²) in [6, 6.07) is 0. The van der Waals surface area contributed by atoms with Crippen LogP contribution in [0.4, 0.5) is 0 Å². The lowest BCUT2D eigenvalue weighted by Crippen LogP contribution is -2.30. The Balaban J connectivity index is 4.22. The molecule has 6 nitrogen and oxygen atoms in total. The van der Waals surface area contributed by atoms with E-state index in [9.17, 15) is 14.4 Å². The van der Waals surface area contributed by atoms with Crippen LogP contribution in [-0.2, 0) is 28.6 Å². The molecule has 0 radical (unpaired) electrons. The average molecular weight is 928 g/mol. The first kappa shape index (κ1) is 63.6. The molecular weight excluding hydrogens is 817 g/mol. The van der Waals surface area contributed by atoms with E-state index < -0.39 is 6.10 Å². The van der Waals surface area contributed by atoms with Crippen molar-refractivity contribution >= 4 is 17.9 Å². The number of ether oxygens (including phenoxy) is 3. The Labute approximate surface area is 410 Å². The summed E-state index contributed by atoms with van der Waals surface area (Å²) in [7, 11) is 0. The van der Waals surface area contributed by atoms with Gasteiger partial charge in [-0.15, -0.1) is 0 Å². The van der Waals surface area contributed by atoms with Crippen molar-refractivity contribution in [1.29, 1.82) is 0 Å². The Morgan fingerprint density at radius 1 is 0.303 bits per heavy atom. The van der Waals surface area contributed by atoms with Crippen LogP contribution < -0.4 is 0 Å². The number of carbonyl (C=O) groups excluding carboxylic acids is 3. The zero-order valence-electron chi connectivity index (χ0n) is 44.2. The van der Waals surface area contributed by atoms with Crippen molar-refractivity contribution in [1.82, 2.24) is 0 Å². The van der Waals surface area contributed by atoms with Crippen LogP contribution in [0.3, 0.4) is 0 Å². The van der Waals surface area contributed by atoms with Gasteiger partial charge in [-0.05, 0) is 77.0 Å². The largest absolute Gasteiger partial charge is 0.462 e. The molecule has 6 heteroatoms. The van der Waals surface area contributed by atoms with Crippen molar-refractivity contribution in [2.24, 2.45) is 0 Å². The third-order valence-corrected chi connectivity index (χ3v) is 12.9. The normalized spacial score (nSPS) is 12.2. The molecule has 1 unspecified atom stereocenters. The van der Waals surface area contributed by atoms with Gasteiger partial charge in [-0.25, -0.2) is 0 Å². The van der Waals surface area contributed by atoms with Gasteiger partial charge in [-0.2, -0.15) is 0 Å². The zero-order chi connectivity index (χ0) is 47.9. The second-order valence-corrected chi connectivity index (χ2v) is 19.6. The van der Waals surface area contributed by atoms with Crippen LogP contribution >= 0.6 is 0 Å². The number of unbranched alkanes of at least 4 members (excludes halogenated alkanes) is 36. The molecule has 0 aliphatic rings. The molecule has 0 N–H and O–H groups in total. The van der Waals surface area contributed by atoms with E-state index in [1.807, 2.05) is 0 Å². The molecule has 66 heavy (non-hydrogen) atoms.